The van der Waals surface area contributed by atoms with Crippen LogP contribution < -0.4 is 11.1 Å². The number of morpholine rings is 1. The molecule has 0 radical (unpaired) electrons. The molecule has 1 amide bonds. The summed E-state index contributed by atoms with van der Waals surface area (Å²) < 4.78 is 5.45. The van der Waals surface area contributed by atoms with E-state index in [2.05, 4.69) is 10.2 Å². The molecule has 0 bridgehead atoms. The highest BCUT2D eigenvalue weighted by atomic mass is 35.5. The minimum absolute atomic E-state index is 0. The van der Waals surface area contributed by atoms with Crippen LogP contribution in [0.15, 0.2) is 0 Å². The van der Waals surface area contributed by atoms with Gasteiger partial charge in [0, 0.05) is 44.1 Å². The van der Waals surface area contributed by atoms with Crippen molar-refractivity contribution in [3.05, 3.63) is 0 Å². The largest absolute Gasteiger partial charge is 0.379 e. The summed E-state index contributed by atoms with van der Waals surface area (Å²) in [6.45, 7) is 7.62. The molecule has 0 aromatic heterocycles. The zero-order chi connectivity index (χ0) is 15.8. The maximum Gasteiger partial charge on any atom is 0.220 e. The van der Waals surface area contributed by atoms with Gasteiger partial charge in [0.05, 0.1) is 13.2 Å². The number of halogens is 2. The van der Waals surface area contributed by atoms with Crippen LogP contribution >= 0.6 is 24.8 Å². The number of nitrogens with one attached hydrogen (secondary N) is 1. The van der Waals surface area contributed by atoms with E-state index in [1.807, 2.05) is 6.92 Å². The molecule has 7 heteroatoms. The first-order valence-corrected chi connectivity index (χ1v) is 8.92. The minimum atomic E-state index is 0. The molecule has 24 heavy (non-hydrogen) atoms. The third-order valence-electron chi connectivity index (χ3n) is 5.06. The van der Waals surface area contributed by atoms with Gasteiger partial charge in [0.2, 0.25) is 5.91 Å². The molecule has 0 spiro atoms. The first kappa shape index (κ1) is 23.9. The number of rotatable bonds is 7. The molecular formula is C17H35Cl2N3O2. The molecule has 0 aromatic rings. The van der Waals surface area contributed by atoms with Crippen LogP contribution in [-0.4, -0.2) is 56.2 Å². The molecule has 5 nitrogen and oxygen atoms in total. The maximum absolute atomic E-state index is 12.0. The van der Waals surface area contributed by atoms with Crippen LogP contribution in [0.2, 0.25) is 0 Å². The van der Waals surface area contributed by atoms with Crippen molar-refractivity contribution in [3.63, 3.8) is 0 Å². The molecule has 1 atom stereocenters. The number of carbonyl (C=O) groups is 1. The van der Waals surface area contributed by atoms with Crippen LogP contribution in [0.5, 0.6) is 0 Å². The van der Waals surface area contributed by atoms with Gasteiger partial charge in [-0.3, -0.25) is 9.69 Å². The van der Waals surface area contributed by atoms with E-state index in [0.29, 0.717) is 6.42 Å². The van der Waals surface area contributed by atoms with Gasteiger partial charge in [-0.25, -0.2) is 0 Å². The van der Waals surface area contributed by atoms with E-state index in [1.54, 1.807) is 0 Å². The van der Waals surface area contributed by atoms with Crippen LogP contribution in [0.1, 0.15) is 51.9 Å². The van der Waals surface area contributed by atoms with E-state index in [0.717, 1.165) is 45.8 Å². The quantitative estimate of drug-likeness (QED) is 0.707. The summed E-state index contributed by atoms with van der Waals surface area (Å²) in [7, 11) is 0. The summed E-state index contributed by atoms with van der Waals surface area (Å²) in [5.41, 5.74) is 5.99. The summed E-state index contributed by atoms with van der Waals surface area (Å²) in [5.74, 6) is 0.157. The molecule has 1 aliphatic carbocycles. The molecule has 2 fully saturated rings. The summed E-state index contributed by atoms with van der Waals surface area (Å²) in [6, 6.07) is 0.0998. The highest BCUT2D eigenvalue weighted by Gasteiger charge is 2.34. The topological polar surface area (TPSA) is 67.6 Å². The van der Waals surface area contributed by atoms with Crippen LogP contribution in [0.3, 0.4) is 0 Å². The number of carbonyl (C=O) groups excluding carboxylic acids is 1. The lowest BCUT2D eigenvalue weighted by atomic mass is 9.73. The Morgan fingerprint density at radius 3 is 2.42 bits per heavy atom. The Labute approximate surface area is 159 Å². The minimum Gasteiger partial charge on any atom is -0.379 e. The van der Waals surface area contributed by atoms with Crippen LogP contribution in [0.25, 0.3) is 0 Å². The van der Waals surface area contributed by atoms with Crippen molar-refractivity contribution < 1.29 is 9.53 Å². The molecule has 1 aliphatic heterocycles. The fourth-order valence-corrected chi connectivity index (χ4v) is 3.66. The Morgan fingerprint density at radius 1 is 1.21 bits per heavy atom. The Morgan fingerprint density at radius 2 is 1.83 bits per heavy atom. The van der Waals surface area contributed by atoms with Crippen LogP contribution in [0.4, 0.5) is 0 Å². The number of amides is 1. The third-order valence-corrected chi connectivity index (χ3v) is 5.06. The van der Waals surface area contributed by atoms with Gasteiger partial charge in [-0.1, -0.05) is 19.3 Å². The number of nitrogens with zero attached hydrogens (tertiary/aromatic N) is 1. The fourth-order valence-electron chi connectivity index (χ4n) is 3.66. The van der Waals surface area contributed by atoms with Gasteiger partial charge in [0.15, 0.2) is 0 Å². The van der Waals surface area contributed by atoms with E-state index in [-0.39, 0.29) is 42.2 Å². The lowest BCUT2D eigenvalue weighted by Gasteiger charge is -2.42. The standard InChI is InChI=1S/C17H33N3O2.2ClH/c1-15(18)5-6-16(21)19-13-17(7-3-2-4-8-17)14-20-9-11-22-12-10-20;;/h15H,2-14,18H2,1H3,(H,19,21);2*1H. The number of ether oxygens (including phenoxy) is 1. The molecule has 144 valence electrons. The average Bonchev–Trinajstić information content (AvgIpc) is 2.53. The van der Waals surface area contributed by atoms with Crippen molar-refractivity contribution in [2.24, 2.45) is 11.1 Å². The van der Waals surface area contributed by atoms with E-state index in [4.69, 9.17) is 10.5 Å². The molecule has 2 rings (SSSR count). The van der Waals surface area contributed by atoms with Gasteiger partial charge in [0.1, 0.15) is 0 Å². The second-order valence-electron chi connectivity index (χ2n) is 7.24. The molecular weight excluding hydrogens is 349 g/mol. The normalized spacial score (nSPS) is 21.9. The Kier molecular flexibility index (Phi) is 12.3. The Bertz CT molecular complexity index is 345. The van der Waals surface area contributed by atoms with Crippen molar-refractivity contribution in [3.8, 4) is 0 Å². The van der Waals surface area contributed by atoms with Crippen molar-refractivity contribution in [1.29, 1.82) is 0 Å². The zero-order valence-electron chi connectivity index (χ0n) is 14.9. The SMILES string of the molecule is CC(N)CCC(=O)NCC1(CN2CCOCC2)CCCCC1.Cl.Cl. The van der Waals surface area contributed by atoms with E-state index in [9.17, 15) is 4.79 Å². The summed E-state index contributed by atoms with van der Waals surface area (Å²) in [4.78, 5) is 14.5. The van der Waals surface area contributed by atoms with Crippen molar-refractivity contribution in [2.75, 3.05) is 39.4 Å². The zero-order valence-corrected chi connectivity index (χ0v) is 16.6. The van der Waals surface area contributed by atoms with E-state index < -0.39 is 0 Å². The Balaban J connectivity index is 0.00000264. The second kappa shape index (κ2) is 12.3. The van der Waals surface area contributed by atoms with Gasteiger partial charge < -0.3 is 15.8 Å². The summed E-state index contributed by atoms with van der Waals surface area (Å²) >= 11 is 0. The van der Waals surface area contributed by atoms with Crippen molar-refractivity contribution in [2.45, 2.75) is 57.9 Å². The number of nitrogens with two attached hydrogens (primary N) is 1. The van der Waals surface area contributed by atoms with E-state index >= 15 is 0 Å². The predicted octanol–water partition coefficient (Wildman–Crippen LogP) is 2.36. The fraction of sp³-hybridized carbons (Fsp3) is 0.941. The maximum atomic E-state index is 12.0. The third kappa shape index (κ3) is 8.34. The lowest BCUT2D eigenvalue weighted by Crippen LogP contribution is -2.49. The predicted molar refractivity (Wildman–Crippen MR) is 103 cm³/mol. The molecule has 1 unspecified atom stereocenters. The monoisotopic (exact) mass is 383 g/mol. The van der Waals surface area contributed by atoms with Gasteiger partial charge in [0.25, 0.3) is 0 Å². The molecule has 0 aromatic carbocycles. The van der Waals surface area contributed by atoms with Crippen molar-refractivity contribution >= 4 is 30.7 Å². The van der Waals surface area contributed by atoms with Crippen LogP contribution in [-0.2, 0) is 9.53 Å². The number of hydrogen-bond acceptors (Lipinski definition) is 4. The highest BCUT2D eigenvalue weighted by Crippen LogP contribution is 2.36. The molecule has 1 heterocycles. The smallest absolute Gasteiger partial charge is 0.220 e. The van der Waals surface area contributed by atoms with Gasteiger partial charge in [-0.15, -0.1) is 24.8 Å². The highest BCUT2D eigenvalue weighted by molar-refractivity contribution is 5.85. The molecule has 1 saturated heterocycles. The Hall–Kier alpha value is -0.0700. The second-order valence-corrected chi connectivity index (χ2v) is 7.24. The summed E-state index contributed by atoms with van der Waals surface area (Å²) in [5, 5.41) is 3.19. The molecule has 2 aliphatic rings. The number of hydrogen-bond donors (Lipinski definition) is 2. The van der Waals surface area contributed by atoms with Gasteiger partial charge in [-0.05, 0) is 26.2 Å². The summed E-state index contributed by atoms with van der Waals surface area (Å²) in [6.07, 6.45) is 7.70. The first-order chi connectivity index (χ1) is 10.6. The van der Waals surface area contributed by atoms with E-state index in [1.165, 1.54) is 32.1 Å². The van der Waals surface area contributed by atoms with Gasteiger partial charge in [-0.2, -0.15) is 0 Å². The first-order valence-electron chi connectivity index (χ1n) is 8.92. The molecule has 3 N–H and O–H groups in total. The van der Waals surface area contributed by atoms with Crippen LogP contribution in [0, 0.1) is 5.41 Å². The molecule has 1 saturated carbocycles. The lowest BCUT2D eigenvalue weighted by molar-refractivity contribution is -0.122. The van der Waals surface area contributed by atoms with Crippen molar-refractivity contribution in [1.82, 2.24) is 10.2 Å². The van der Waals surface area contributed by atoms with Gasteiger partial charge >= 0.3 is 0 Å². The average molecular weight is 384 g/mol.